The second-order valence-electron chi connectivity index (χ2n) is 14.7. The fourth-order valence-corrected chi connectivity index (χ4v) is 6.25. The van der Waals surface area contributed by atoms with Crippen molar-refractivity contribution in [2.45, 2.75) is 96.9 Å². The van der Waals surface area contributed by atoms with Gasteiger partial charge in [0.05, 0.1) is 49.1 Å². The van der Waals surface area contributed by atoms with Gasteiger partial charge in [0.15, 0.2) is 14.4 Å². The van der Waals surface area contributed by atoms with Crippen LogP contribution in [-0.4, -0.2) is 85.4 Å². The molecule has 1 N–H and O–H groups in total. The highest BCUT2D eigenvalue weighted by Crippen LogP contribution is 2.38. The Morgan fingerprint density at radius 3 is 2.55 bits per heavy atom. The Kier molecular flexibility index (Phi) is 9.50. The lowest BCUT2D eigenvalue weighted by Crippen LogP contribution is -2.49. The molecule has 3 atom stereocenters. The van der Waals surface area contributed by atoms with E-state index < -0.39 is 38.0 Å². The number of carbonyl (C=O) groups excluding carboxylic acids is 1. The van der Waals surface area contributed by atoms with Gasteiger partial charge in [-0.15, -0.1) is 5.10 Å². The first-order valence-electron chi connectivity index (χ1n) is 15.9. The van der Waals surface area contributed by atoms with E-state index in [9.17, 15) is 14.3 Å². The molecule has 5 heterocycles. The van der Waals surface area contributed by atoms with E-state index in [1.807, 2.05) is 46.0 Å². The SMILES string of the molecule is Cc1c(-c2cc(OC(CO[Si](C)(C)C(C)(C)C)c3ccc(F)cn3)c3ccnn3c2)nnn1[C@@H]1CCN(C(=O)OC(C)(C)C)C[C@H]1O. The van der Waals surface area contributed by atoms with Crippen LogP contribution < -0.4 is 4.74 Å². The predicted octanol–water partition coefficient (Wildman–Crippen LogP) is 6.12. The molecule has 14 heteroatoms. The van der Waals surface area contributed by atoms with Gasteiger partial charge in [0.2, 0.25) is 0 Å². The van der Waals surface area contributed by atoms with E-state index in [1.165, 1.54) is 17.2 Å². The normalized spacial score (nSPS) is 18.4. The van der Waals surface area contributed by atoms with Crippen LogP contribution in [0.4, 0.5) is 9.18 Å². The fourth-order valence-electron chi connectivity index (χ4n) is 5.25. The number of aliphatic hydroxyl groups is 1. The molecule has 0 spiro atoms. The number of hydrogen-bond donors (Lipinski definition) is 1. The van der Waals surface area contributed by atoms with Crippen molar-refractivity contribution in [1.29, 1.82) is 0 Å². The van der Waals surface area contributed by atoms with Crippen molar-refractivity contribution in [2.24, 2.45) is 0 Å². The minimum absolute atomic E-state index is 0.0182. The number of carbonyl (C=O) groups is 1. The van der Waals surface area contributed by atoms with Crippen molar-refractivity contribution in [1.82, 2.24) is 34.5 Å². The molecule has 254 valence electrons. The summed E-state index contributed by atoms with van der Waals surface area (Å²) in [4.78, 5) is 18.5. The highest BCUT2D eigenvalue weighted by molar-refractivity contribution is 6.74. The first-order chi connectivity index (χ1) is 21.9. The predicted molar refractivity (Wildman–Crippen MR) is 177 cm³/mol. The maximum absolute atomic E-state index is 13.8. The van der Waals surface area contributed by atoms with Crippen LogP contribution in [0, 0.1) is 12.7 Å². The van der Waals surface area contributed by atoms with Gasteiger partial charge < -0.3 is 23.9 Å². The van der Waals surface area contributed by atoms with Crippen molar-refractivity contribution in [3.8, 4) is 17.0 Å². The number of likely N-dealkylation sites (tertiary alicyclic amines) is 1. The molecule has 1 aliphatic rings. The molecular formula is C33H46FN7O5Si. The number of amides is 1. The summed E-state index contributed by atoms with van der Waals surface area (Å²) >= 11 is 0. The molecule has 1 unspecified atom stereocenters. The summed E-state index contributed by atoms with van der Waals surface area (Å²) in [7, 11) is -2.15. The van der Waals surface area contributed by atoms with Gasteiger partial charge in [-0.2, -0.15) is 5.10 Å². The van der Waals surface area contributed by atoms with Crippen molar-refractivity contribution in [3.63, 3.8) is 0 Å². The van der Waals surface area contributed by atoms with Gasteiger partial charge in [-0.25, -0.2) is 18.4 Å². The zero-order valence-electron chi connectivity index (χ0n) is 28.7. The van der Waals surface area contributed by atoms with Gasteiger partial charge in [-0.05, 0) is 76.5 Å². The van der Waals surface area contributed by atoms with Crippen molar-refractivity contribution >= 4 is 19.9 Å². The number of rotatable bonds is 8. The first kappa shape index (κ1) is 34.5. The lowest BCUT2D eigenvalue weighted by atomic mass is 10.0. The Labute approximate surface area is 276 Å². The van der Waals surface area contributed by atoms with Crippen molar-refractivity contribution < 1.29 is 28.2 Å². The number of aliphatic hydroxyl groups excluding tert-OH is 1. The average molecular weight is 668 g/mol. The zero-order valence-corrected chi connectivity index (χ0v) is 29.7. The van der Waals surface area contributed by atoms with Crippen molar-refractivity contribution in [2.75, 3.05) is 19.7 Å². The van der Waals surface area contributed by atoms with E-state index in [0.717, 1.165) is 11.2 Å². The highest BCUT2D eigenvalue weighted by atomic mass is 28.4. The first-order valence-corrected chi connectivity index (χ1v) is 18.8. The minimum Gasteiger partial charge on any atom is -0.479 e. The number of hydrogen-bond acceptors (Lipinski definition) is 9. The Morgan fingerprint density at radius 2 is 1.91 bits per heavy atom. The van der Waals surface area contributed by atoms with Crippen LogP contribution in [0.2, 0.25) is 18.1 Å². The highest BCUT2D eigenvalue weighted by Gasteiger charge is 2.38. The van der Waals surface area contributed by atoms with Crippen LogP contribution in [0.3, 0.4) is 0 Å². The van der Waals surface area contributed by atoms with Gasteiger partial charge >= 0.3 is 6.09 Å². The second-order valence-corrected chi connectivity index (χ2v) is 19.5. The third kappa shape index (κ3) is 7.65. The Balaban J connectivity index is 1.42. The van der Waals surface area contributed by atoms with E-state index in [-0.39, 0.29) is 24.2 Å². The number of piperidine rings is 1. The van der Waals surface area contributed by atoms with Gasteiger partial charge in [0, 0.05) is 18.3 Å². The van der Waals surface area contributed by atoms with Gasteiger partial charge in [-0.3, -0.25) is 4.98 Å². The zero-order chi connectivity index (χ0) is 34.3. The van der Waals surface area contributed by atoms with Crippen LogP contribution in [0.25, 0.3) is 16.8 Å². The second kappa shape index (κ2) is 13.0. The van der Waals surface area contributed by atoms with Crippen LogP contribution in [0.15, 0.2) is 42.9 Å². The fraction of sp³-hybridized carbons (Fsp3) is 0.545. The van der Waals surface area contributed by atoms with Crippen LogP contribution in [-0.2, 0) is 9.16 Å². The van der Waals surface area contributed by atoms with E-state index >= 15 is 0 Å². The molecular weight excluding hydrogens is 621 g/mol. The van der Waals surface area contributed by atoms with Crippen LogP contribution >= 0.6 is 0 Å². The molecule has 1 amide bonds. The summed E-state index contributed by atoms with van der Waals surface area (Å²) in [6.45, 7) is 19.0. The number of β-amino-alcohol motifs (C(OH)–C–C–N with tert-alkyl or cyclic N) is 1. The lowest BCUT2D eigenvalue weighted by molar-refractivity contribution is -0.0123. The number of aromatic nitrogens is 6. The maximum Gasteiger partial charge on any atom is 0.410 e. The summed E-state index contributed by atoms with van der Waals surface area (Å²) in [6, 6.07) is 6.33. The third-order valence-electron chi connectivity index (χ3n) is 8.93. The van der Waals surface area contributed by atoms with E-state index in [0.29, 0.717) is 35.7 Å². The van der Waals surface area contributed by atoms with Crippen LogP contribution in [0.1, 0.15) is 71.5 Å². The van der Waals surface area contributed by atoms with Gasteiger partial charge in [-0.1, -0.05) is 26.0 Å². The summed E-state index contributed by atoms with van der Waals surface area (Å²) in [6.07, 6.45) is 3.26. The number of nitrogens with zero attached hydrogens (tertiary/aromatic N) is 7. The summed E-state index contributed by atoms with van der Waals surface area (Å²) in [5, 5.41) is 24.5. The molecule has 5 rings (SSSR count). The maximum atomic E-state index is 13.8. The van der Waals surface area contributed by atoms with E-state index in [1.54, 1.807) is 21.5 Å². The number of pyridine rings is 2. The summed E-state index contributed by atoms with van der Waals surface area (Å²) in [5.74, 6) is 0.0896. The number of fused-ring (bicyclic) bond motifs is 1. The Morgan fingerprint density at radius 1 is 1.17 bits per heavy atom. The molecule has 12 nitrogen and oxygen atoms in total. The molecule has 0 bridgehead atoms. The largest absolute Gasteiger partial charge is 0.479 e. The molecule has 0 aliphatic carbocycles. The topological polar surface area (TPSA) is 129 Å². The van der Waals surface area contributed by atoms with Crippen molar-refractivity contribution in [3.05, 3.63) is 60.1 Å². The molecule has 1 saturated heterocycles. The van der Waals surface area contributed by atoms with Crippen LogP contribution in [0.5, 0.6) is 5.75 Å². The average Bonchev–Trinajstić information content (AvgIpc) is 3.61. The molecule has 0 aromatic carbocycles. The molecule has 4 aromatic heterocycles. The lowest BCUT2D eigenvalue weighted by Gasteiger charge is -2.37. The number of halogens is 1. The van der Waals surface area contributed by atoms with Gasteiger partial charge in [0.1, 0.15) is 28.4 Å². The smallest absolute Gasteiger partial charge is 0.410 e. The monoisotopic (exact) mass is 667 g/mol. The third-order valence-corrected chi connectivity index (χ3v) is 13.4. The Bertz CT molecular complexity index is 1710. The number of ether oxygens (including phenoxy) is 2. The molecule has 1 fully saturated rings. The molecule has 4 aromatic rings. The quantitative estimate of drug-likeness (QED) is 0.221. The standard InChI is InChI=1S/C33H46FN7O5Si/c1-21-30(37-38-41(21)25-13-15-39(19-27(25)42)31(43)46-32(2,3)4)22-16-28(26-12-14-36-40(26)18-22)45-29(24-11-10-23(34)17-35-24)20-44-47(8,9)33(5,6)7/h10-12,14,16-18,25,27,29,42H,13,15,19-20H2,1-9H3/t25-,27-,29?/m1/s1. The minimum atomic E-state index is -2.15. The Hall–Kier alpha value is -3.88. The summed E-state index contributed by atoms with van der Waals surface area (Å²) in [5.41, 5.74) is 2.70. The molecule has 1 aliphatic heterocycles. The van der Waals surface area contributed by atoms with Gasteiger partial charge in [0.25, 0.3) is 0 Å². The molecule has 0 saturated carbocycles. The van der Waals surface area contributed by atoms with E-state index in [2.05, 4.69) is 54.3 Å². The molecule has 47 heavy (non-hydrogen) atoms. The van der Waals surface area contributed by atoms with E-state index in [4.69, 9.17) is 13.9 Å². The molecule has 0 radical (unpaired) electrons. The summed E-state index contributed by atoms with van der Waals surface area (Å²) < 4.78 is 35.9.